The second-order valence-electron chi connectivity index (χ2n) is 7.05. The molecule has 10 nitrogen and oxygen atoms in total. The zero-order valence-corrected chi connectivity index (χ0v) is 19.0. The minimum Gasteiger partial charge on any atom is -0.369 e. The first kappa shape index (κ1) is 21.6. The van der Waals surface area contributed by atoms with Crippen LogP contribution in [0.3, 0.4) is 0 Å². The maximum absolute atomic E-state index is 12.5. The van der Waals surface area contributed by atoms with Crippen LogP contribution < -0.4 is 16.2 Å². The van der Waals surface area contributed by atoms with Crippen molar-refractivity contribution in [1.82, 2.24) is 34.6 Å². The minimum atomic E-state index is -0.171. The Bertz CT molecular complexity index is 1150. The van der Waals surface area contributed by atoms with E-state index in [4.69, 9.17) is 0 Å². The fraction of sp³-hybridized carbons (Fsp3) is 0.474. The van der Waals surface area contributed by atoms with E-state index in [1.807, 2.05) is 6.26 Å². The summed E-state index contributed by atoms with van der Waals surface area (Å²) in [4.78, 5) is 37.9. The highest BCUT2D eigenvalue weighted by molar-refractivity contribution is 7.99. The van der Waals surface area contributed by atoms with Crippen molar-refractivity contribution < 1.29 is 4.79 Å². The van der Waals surface area contributed by atoms with Gasteiger partial charge in [0.2, 0.25) is 5.91 Å². The van der Waals surface area contributed by atoms with Crippen LogP contribution in [0, 0.1) is 0 Å². The lowest BCUT2D eigenvalue weighted by molar-refractivity contribution is -0.121. The Hall–Kier alpha value is -2.60. The van der Waals surface area contributed by atoms with Gasteiger partial charge >= 0.3 is 0 Å². The molecule has 0 aliphatic carbocycles. The molecule has 0 aromatic carbocycles. The van der Waals surface area contributed by atoms with Crippen molar-refractivity contribution in [3.8, 4) is 0 Å². The van der Waals surface area contributed by atoms with Gasteiger partial charge in [0, 0.05) is 37.5 Å². The number of anilines is 1. The molecule has 4 rings (SSSR count). The van der Waals surface area contributed by atoms with E-state index in [0.29, 0.717) is 29.2 Å². The molecule has 1 aliphatic rings. The number of hydrogen-bond donors (Lipinski definition) is 2. The van der Waals surface area contributed by atoms with Crippen molar-refractivity contribution in [2.24, 2.45) is 0 Å². The largest absolute Gasteiger partial charge is 0.369 e. The molecule has 164 valence electrons. The summed E-state index contributed by atoms with van der Waals surface area (Å²) in [6.07, 6.45) is 6.44. The molecule has 31 heavy (non-hydrogen) atoms. The second kappa shape index (κ2) is 9.69. The van der Waals surface area contributed by atoms with Crippen LogP contribution in [0.25, 0.3) is 11.0 Å². The maximum atomic E-state index is 12.5. The number of carbonyl (C=O) groups excluding carboxylic acids is 1. The molecule has 1 amide bonds. The van der Waals surface area contributed by atoms with Crippen molar-refractivity contribution in [2.45, 2.75) is 42.7 Å². The second-order valence-corrected chi connectivity index (χ2v) is 8.81. The lowest BCUT2D eigenvalue weighted by Crippen LogP contribution is -2.32. The van der Waals surface area contributed by atoms with Gasteiger partial charge in [0.1, 0.15) is 5.82 Å². The summed E-state index contributed by atoms with van der Waals surface area (Å²) < 4.78 is 3.39. The molecule has 12 heteroatoms. The van der Waals surface area contributed by atoms with Crippen LogP contribution in [0.15, 0.2) is 33.6 Å². The molecule has 1 aliphatic heterocycles. The van der Waals surface area contributed by atoms with Crippen molar-refractivity contribution in [2.75, 3.05) is 30.4 Å². The van der Waals surface area contributed by atoms with Crippen LogP contribution >= 0.6 is 23.5 Å². The number of aromatic nitrogens is 6. The summed E-state index contributed by atoms with van der Waals surface area (Å²) in [5.74, 6) is 1.35. The number of hydrogen-bond acceptors (Lipinski definition) is 9. The number of nitrogens with zero attached hydrogens (tertiary/aromatic N) is 6. The molecule has 3 aromatic heterocycles. The molecule has 3 aromatic rings. The van der Waals surface area contributed by atoms with E-state index in [2.05, 4.69) is 37.6 Å². The van der Waals surface area contributed by atoms with Gasteiger partial charge in [-0.15, -0.1) is 0 Å². The summed E-state index contributed by atoms with van der Waals surface area (Å²) in [5, 5.41) is 12.9. The zero-order valence-electron chi connectivity index (χ0n) is 17.4. The SMILES string of the molecule is CCCNc1nc(SC)nc2c1cnn2CCNC(=O)CC1CSc2nccc(=O)n21. The molecule has 0 bridgehead atoms. The van der Waals surface area contributed by atoms with Gasteiger partial charge in [-0.3, -0.25) is 14.2 Å². The van der Waals surface area contributed by atoms with E-state index in [9.17, 15) is 9.59 Å². The van der Waals surface area contributed by atoms with E-state index in [1.165, 1.54) is 35.8 Å². The normalized spacial score (nSPS) is 15.2. The zero-order chi connectivity index (χ0) is 21.8. The van der Waals surface area contributed by atoms with Gasteiger partial charge < -0.3 is 10.6 Å². The number of nitrogens with one attached hydrogen (secondary N) is 2. The van der Waals surface area contributed by atoms with Gasteiger partial charge in [-0.2, -0.15) is 5.10 Å². The first-order valence-corrected chi connectivity index (χ1v) is 12.3. The van der Waals surface area contributed by atoms with Crippen LogP contribution in [0.5, 0.6) is 0 Å². The van der Waals surface area contributed by atoms with Crippen LogP contribution in [-0.2, 0) is 11.3 Å². The van der Waals surface area contributed by atoms with Crippen LogP contribution in [0.4, 0.5) is 5.82 Å². The molecule has 1 unspecified atom stereocenters. The smallest absolute Gasteiger partial charge is 0.254 e. The summed E-state index contributed by atoms with van der Waals surface area (Å²) in [6, 6.07) is 1.26. The molecule has 0 spiro atoms. The predicted octanol–water partition coefficient (Wildman–Crippen LogP) is 1.78. The van der Waals surface area contributed by atoms with Gasteiger partial charge in [0.15, 0.2) is 16.0 Å². The van der Waals surface area contributed by atoms with Gasteiger partial charge in [-0.25, -0.2) is 19.6 Å². The standard InChI is InChI=1S/C19H24N8O2S2/c1-3-5-21-16-13-10-23-26(17(13)25-18(24-16)30-2)8-7-20-14(28)9-12-11-31-19-22-6-4-15(29)27(12)19/h4,6,10,12H,3,5,7-9,11H2,1-2H3,(H,20,28)(H,21,24,25). The Morgan fingerprint density at radius 1 is 1.35 bits per heavy atom. The van der Waals surface area contributed by atoms with Crippen LogP contribution in [0.1, 0.15) is 25.8 Å². The average molecular weight is 461 g/mol. The molecular weight excluding hydrogens is 436 g/mol. The van der Waals surface area contributed by atoms with Gasteiger partial charge in [-0.05, 0) is 12.7 Å². The maximum Gasteiger partial charge on any atom is 0.254 e. The van der Waals surface area contributed by atoms with Crippen molar-refractivity contribution >= 4 is 46.3 Å². The number of fused-ring (bicyclic) bond motifs is 2. The van der Waals surface area contributed by atoms with Gasteiger partial charge in [-0.1, -0.05) is 30.4 Å². The molecule has 0 saturated heterocycles. The lowest BCUT2D eigenvalue weighted by atomic mass is 10.2. The topological polar surface area (TPSA) is 120 Å². The first-order chi connectivity index (χ1) is 15.1. The van der Waals surface area contributed by atoms with E-state index in [0.717, 1.165) is 29.8 Å². The predicted molar refractivity (Wildman–Crippen MR) is 122 cm³/mol. The fourth-order valence-electron chi connectivity index (χ4n) is 3.40. The van der Waals surface area contributed by atoms with Crippen molar-refractivity contribution in [3.63, 3.8) is 0 Å². The Morgan fingerprint density at radius 2 is 2.23 bits per heavy atom. The molecule has 1 atom stereocenters. The Labute approximate surface area is 187 Å². The van der Waals surface area contributed by atoms with Crippen molar-refractivity contribution in [1.29, 1.82) is 0 Å². The summed E-state index contributed by atoms with van der Waals surface area (Å²) in [7, 11) is 0. The fourth-order valence-corrected chi connectivity index (χ4v) is 4.88. The molecule has 0 radical (unpaired) electrons. The van der Waals surface area contributed by atoms with Crippen LogP contribution in [0.2, 0.25) is 0 Å². The first-order valence-electron chi connectivity index (χ1n) is 10.1. The van der Waals surface area contributed by atoms with Crippen LogP contribution in [-0.4, -0.2) is 60.3 Å². The Balaban J connectivity index is 1.39. The highest BCUT2D eigenvalue weighted by Gasteiger charge is 2.26. The van der Waals surface area contributed by atoms with E-state index in [1.54, 1.807) is 15.4 Å². The number of amides is 1. The molecule has 2 N–H and O–H groups in total. The monoisotopic (exact) mass is 460 g/mol. The van der Waals surface area contributed by atoms with Gasteiger partial charge in [0.25, 0.3) is 5.56 Å². The third-order valence-electron chi connectivity index (χ3n) is 4.88. The Kier molecular flexibility index (Phi) is 6.76. The Morgan fingerprint density at radius 3 is 3.03 bits per heavy atom. The third kappa shape index (κ3) is 4.69. The van der Waals surface area contributed by atoms with E-state index >= 15 is 0 Å². The molecule has 0 fully saturated rings. The van der Waals surface area contributed by atoms with E-state index in [-0.39, 0.29) is 23.9 Å². The molecular formula is C19H24N8O2S2. The van der Waals surface area contributed by atoms with Crippen molar-refractivity contribution in [3.05, 3.63) is 28.8 Å². The minimum absolute atomic E-state index is 0.101. The highest BCUT2D eigenvalue weighted by atomic mass is 32.2. The quantitative estimate of drug-likeness (QED) is 0.364. The summed E-state index contributed by atoms with van der Waals surface area (Å²) in [6.45, 7) is 3.83. The number of carbonyl (C=O) groups is 1. The molecule has 4 heterocycles. The number of thioether (sulfide) groups is 2. The highest BCUT2D eigenvalue weighted by Crippen LogP contribution is 2.31. The van der Waals surface area contributed by atoms with Gasteiger partial charge in [0.05, 0.1) is 24.2 Å². The number of rotatable bonds is 9. The lowest BCUT2D eigenvalue weighted by Gasteiger charge is -2.13. The van der Waals surface area contributed by atoms with E-state index < -0.39 is 0 Å². The average Bonchev–Trinajstić information content (AvgIpc) is 3.37. The summed E-state index contributed by atoms with van der Waals surface area (Å²) >= 11 is 2.98. The molecule has 0 saturated carbocycles. The third-order valence-corrected chi connectivity index (χ3v) is 6.54. The summed E-state index contributed by atoms with van der Waals surface area (Å²) in [5.41, 5.74) is 0.624.